The number of nitriles is 1. The van der Waals surface area contributed by atoms with Gasteiger partial charge in [-0.3, -0.25) is 5.10 Å². The number of fused-ring (bicyclic) bond motifs is 1. The number of H-pyrrole nitrogens is 1. The molecule has 1 aliphatic heterocycles. The lowest BCUT2D eigenvalue weighted by atomic mass is 9.93. The molecule has 2 aromatic carbocycles. The average Bonchev–Trinajstić information content (AvgIpc) is 3.19. The molecule has 1 fully saturated rings. The molecule has 0 unspecified atom stereocenters. The summed E-state index contributed by atoms with van der Waals surface area (Å²) in [6, 6.07) is 14.1. The lowest BCUT2D eigenvalue weighted by Gasteiger charge is -2.29. The van der Waals surface area contributed by atoms with E-state index in [2.05, 4.69) is 31.5 Å². The number of aryl methyl sites for hydroxylation is 1. The van der Waals surface area contributed by atoms with Crippen LogP contribution in [0.3, 0.4) is 0 Å². The van der Waals surface area contributed by atoms with Crippen molar-refractivity contribution in [1.82, 2.24) is 20.5 Å². The van der Waals surface area contributed by atoms with Gasteiger partial charge in [-0.2, -0.15) is 10.4 Å². The molecule has 168 valence electrons. The summed E-state index contributed by atoms with van der Waals surface area (Å²) >= 11 is 0. The quantitative estimate of drug-likeness (QED) is 0.421. The van der Waals surface area contributed by atoms with Crippen LogP contribution in [-0.2, 0) is 0 Å². The second-order valence-corrected chi connectivity index (χ2v) is 7.82. The van der Waals surface area contributed by atoms with Gasteiger partial charge in [-0.15, -0.1) is 12.4 Å². The molecule has 9 heteroatoms. The summed E-state index contributed by atoms with van der Waals surface area (Å²) in [7, 11) is 0. The van der Waals surface area contributed by atoms with Crippen LogP contribution in [0.4, 0.5) is 10.1 Å². The molecule has 0 aliphatic carbocycles. The number of phenols is 1. The van der Waals surface area contributed by atoms with Crippen LogP contribution in [0.2, 0.25) is 0 Å². The number of aromatic nitrogens is 3. The number of aromatic hydroxyl groups is 1. The van der Waals surface area contributed by atoms with Gasteiger partial charge in [-0.1, -0.05) is 12.1 Å². The third-order valence-corrected chi connectivity index (χ3v) is 5.84. The summed E-state index contributed by atoms with van der Waals surface area (Å²) in [6.07, 6.45) is 0. The molecule has 4 aromatic rings. The van der Waals surface area contributed by atoms with Gasteiger partial charge in [0.05, 0.1) is 16.6 Å². The molecule has 0 spiro atoms. The van der Waals surface area contributed by atoms with Crippen molar-refractivity contribution in [1.29, 1.82) is 5.26 Å². The summed E-state index contributed by atoms with van der Waals surface area (Å²) in [6.45, 7) is 5.64. The fraction of sp³-hybridized carbons (Fsp3) is 0.208. The maximum atomic E-state index is 14.7. The minimum Gasteiger partial charge on any atom is -0.508 e. The number of hydrogen-bond acceptors (Lipinski definition) is 6. The molecule has 3 N–H and O–H groups in total. The van der Waals surface area contributed by atoms with Gasteiger partial charge in [0.15, 0.2) is 5.65 Å². The zero-order valence-corrected chi connectivity index (χ0v) is 18.7. The number of anilines is 1. The van der Waals surface area contributed by atoms with Crippen molar-refractivity contribution in [3.05, 3.63) is 59.5 Å². The Bertz CT molecular complexity index is 1360. The van der Waals surface area contributed by atoms with E-state index in [4.69, 9.17) is 0 Å². The molecule has 0 amide bonds. The van der Waals surface area contributed by atoms with E-state index in [-0.39, 0.29) is 35.0 Å². The smallest absolute Gasteiger partial charge is 0.182 e. The Balaban J connectivity index is 0.00000259. The van der Waals surface area contributed by atoms with Crippen LogP contribution in [0.1, 0.15) is 11.3 Å². The average molecular weight is 465 g/mol. The maximum absolute atomic E-state index is 14.7. The molecule has 33 heavy (non-hydrogen) atoms. The molecule has 0 atom stereocenters. The number of nitrogens with zero attached hydrogens (tertiary/aromatic N) is 4. The second kappa shape index (κ2) is 9.06. The van der Waals surface area contributed by atoms with E-state index in [1.54, 1.807) is 0 Å². The van der Waals surface area contributed by atoms with Crippen molar-refractivity contribution in [3.63, 3.8) is 0 Å². The van der Waals surface area contributed by atoms with Crippen molar-refractivity contribution in [3.8, 4) is 34.2 Å². The molecule has 5 rings (SSSR count). The highest BCUT2D eigenvalue weighted by Crippen LogP contribution is 2.39. The summed E-state index contributed by atoms with van der Waals surface area (Å²) < 4.78 is 14.7. The van der Waals surface area contributed by atoms with Crippen LogP contribution in [0.25, 0.3) is 33.4 Å². The number of pyridine rings is 1. The lowest BCUT2D eigenvalue weighted by Crippen LogP contribution is -2.43. The number of rotatable bonds is 3. The van der Waals surface area contributed by atoms with Gasteiger partial charge < -0.3 is 15.3 Å². The maximum Gasteiger partial charge on any atom is 0.182 e. The SMILES string of the molecule is Cc1[nH]nc2nc(-c3ccc(O)cc3F)c(C#N)c(-c3ccc(N4CCNCC4)cc3)c12.Cl. The molecule has 0 saturated carbocycles. The molecule has 3 heterocycles. The highest BCUT2D eigenvalue weighted by Gasteiger charge is 2.23. The Morgan fingerprint density at radius 2 is 1.85 bits per heavy atom. The first-order chi connectivity index (χ1) is 15.6. The summed E-state index contributed by atoms with van der Waals surface area (Å²) in [4.78, 5) is 6.82. The van der Waals surface area contributed by atoms with Crippen molar-refractivity contribution in [2.24, 2.45) is 0 Å². The van der Waals surface area contributed by atoms with Crippen LogP contribution in [-0.4, -0.2) is 46.5 Å². The van der Waals surface area contributed by atoms with Crippen LogP contribution in [0.15, 0.2) is 42.5 Å². The van der Waals surface area contributed by atoms with Crippen molar-refractivity contribution in [2.75, 3.05) is 31.1 Å². The van der Waals surface area contributed by atoms with E-state index in [0.29, 0.717) is 11.2 Å². The highest BCUT2D eigenvalue weighted by atomic mass is 35.5. The van der Waals surface area contributed by atoms with Crippen LogP contribution in [0, 0.1) is 24.1 Å². The van der Waals surface area contributed by atoms with Crippen molar-refractivity contribution < 1.29 is 9.50 Å². The number of hydrogen-bond donors (Lipinski definition) is 3. The Kier molecular flexibility index (Phi) is 6.18. The number of aromatic amines is 1. The van der Waals surface area contributed by atoms with Crippen LogP contribution >= 0.6 is 12.4 Å². The number of halogens is 2. The third kappa shape index (κ3) is 3.97. The largest absolute Gasteiger partial charge is 0.508 e. The third-order valence-electron chi connectivity index (χ3n) is 5.84. The Morgan fingerprint density at radius 3 is 2.52 bits per heavy atom. The summed E-state index contributed by atoms with van der Waals surface area (Å²) in [5.74, 6) is -0.842. The monoisotopic (exact) mass is 464 g/mol. The second-order valence-electron chi connectivity index (χ2n) is 7.82. The normalized spacial score (nSPS) is 13.5. The molecule has 0 bridgehead atoms. The van der Waals surface area contributed by atoms with Crippen molar-refractivity contribution >= 4 is 29.1 Å². The van der Waals surface area contributed by atoms with Gasteiger partial charge in [-0.05, 0) is 36.8 Å². The van der Waals surface area contributed by atoms with Gasteiger partial charge >= 0.3 is 0 Å². The fourth-order valence-corrected chi connectivity index (χ4v) is 4.25. The van der Waals surface area contributed by atoms with E-state index in [1.807, 2.05) is 31.2 Å². The Labute approximate surface area is 196 Å². The van der Waals surface area contributed by atoms with Gasteiger partial charge in [0.25, 0.3) is 0 Å². The predicted octanol–water partition coefficient (Wildman–Crippen LogP) is 4.15. The highest BCUT2D eigenvalue weighted by molar-refractivity contribution is 6.00. The van der Waals surface area contributed by atoms with Gasteiger partial charge in [0.2, 0.25) is 0 Å². The molecular weight excluding hydrogens is 443 g/mol. The number of piperazine rings is 1. The Hall–Kier alpha value is -3.67. The summed E-state index contributed by atoms with van der Waals surface area (Å²) in [5.41, 5.74) is 4.41. The Morgan fingerprint density at radius 1 is 1.12 bits per heavy atom. The number of phenolic OH excluding ortho intramolecular Hbond substituents is 1. The fourth-order valence-electron chi connectivity index (χ4n) is 4.25. The standard InChI is InChI=1S/C24H21FN6O.ClH/c1-14-21-22(15-2-4-16(5-3-15)31-10-8-27-9-11-31)19(13-26)23(28-24(21)30-29-14)18-7-6-17(32)12-20(18)25;/h2-7,12,27,32H,8-11H2,1H3,(H,28,29,30);1H. The molecular formula is C24H22ClFN6O. The molecule has 0 radical (unpaired) electrons. The molecule has 1 aliphatic rings. The summed E-state index contributed by atoms with van der Waals surface area (Å²) in [5, 5.41) is 31.0. The first-order valence-corrected chi connectivity index (χ1v) is 10.4. The first-order valence-electron chi connectivity index (χ1n) is 10.4. The van der Waals surface area contributed by atoms with Gasteiger partial charge in [0, 0.05) is 54.8 Å². The lowest BCUT2D eigenvalue weighted by molar-refractivity contribution is 0.469. The van der Waals surface area contributed by atoms with E-state index in [9.17, 15) is 14.8 Å². The minimum atomic E-state index is -0.652. The topological polar surface area (TPSA) is 101 Å². The zero-order valence-electron chi connectivity index (χ0n) is 17.9. The van der Waals surface area contributed by atoms with E-state index in [0.717, 1.165) is 54.6 Å². The zero-order chi connectivity index (χ0) is 22.2. The predicted molar refractivity (Wildman–Crippen MR) is 128 cm³/mol. The molecule has 1 saturated heterocycles. The van der Waals surface area contributed by atoms with Gasteiger partial charge in [0.1, 0.15) is 17.6 Å². The first kappa shape index (κ1) is 22.5. The minimum absolute atomic E-state index is 0. The van der Waals surface area contributed by atoms with E-state index in [1.165, 1.54) is 12.1 Å². The molecule has 7 nitrogen and oxygen atoms in total. The number of nitrogens with one attached hydrogen (secondary N) is 2. The van der Waals surface area contributed by atoms with Crippen LogP contribution < -0.4 is 10.2 Å². The number of benzene rings is 2. The van der Waals surface area contributed by atoms with Gasteiger partial charge in [-0.25, -0.2) is 9.37 Å². The van der Waals surface area contributed by atoms with E-state index >= 15 is 0 Å². The van der Waals surface area contributed by atoms with E-state index < -0.39 is 5.82 Å². The van der Waals surface area contributed by atoms with Crippen molar-refractivity contribution in [2.45, 2.75) is 6.92 Å². The molecule has 2 aromatic heterocycles. The van der Waals surface area contributed by atoms with Crippen LogP contribution in [0.5, 0.6) is 5.75 Å².